The Bertz CT molecular complexity index is 347. The Hall–Kier alpha value is -1.31. The van der Waals surface area contributed by atoms with Gasteiger partial charge in [0.2, 0.25) is 5.91 Å². The molecule has 1 aromatic rings. The number of likely N-dealkylation sites (tertiary alicyclic amines) is 1. The first kappa shape index (κ1) is 10.2. The van der Waals surface area contributed by atoms with Gasteiger partial charge in [0.15, 0.2) is 0 Å². The van der Waals surface area contributed by atoms with Crippen molar-refractivity contribution in [2.24, 2.45) is 0 Å². The van der Waals surface area contributed by atoms with Crippen LogP contribution in [-0.2, 0) is 4.79 Å². The van der Waals surface area contributed by atoms with Gasteiger partial charge in [0.25, 0.3) is 0 Å². The van der Waals surface area contributed by atoms with Gasteiger partial charge in [-0.2, -0.15) is 0 Å². The fourth-order valence-corrected chi connectivity index (χ4v) is 2.34. The van der Waals surface area contributed by atoms with E-state index in [1.807, 2.05) is 18.0 Å². The SMILES string of the molecule is CC1C(c2ccccc2)CCC(=O)N1C. The molecule has 0 aliphatic carbocycles. The van der Waals surface area contributed by atoms with E-state index in [0.29, 0.717) is 18.4 Å². The van der Waals surface area contributed by atoms with Crippen LogP contribution in [0.3, 0.4) is 0 Å². The molecule has 1 aliphatic heterocycles. The Morgan fingerprint density at radius 3 is 2.60 bits per heavy atom. The molecule has 15 heavy (non-hydrogen) atoms. The average molecular weight is 203 g/mol. The second-order valence-corrected chi connectivity index (χ2v) is 4.30. The minimum Gasteiger partial charge on any atom is -0.342 e. The molecule has 1 aromatic carbocycles. The van der Waals surface area contributed by atoms with Gasteiger partial charge >= 0.3 is 0 Å². The number of carbonyl (C=O) groups excluding carboxylic acids is 1. The highest BCUT2D eigenvalue weighted by atomic mass is 16.2. The number of rotatable bonds is 1. The first-order valence-electron chi connectivity index (χ1n) is 5.50. The Balaban J connectivity index is 2.21. The number of carbonyl (C=O) groups is 1. The maximum Gasteiger partial charge on any atom is 0.222 e. The second-order valence-electron chi connectivity index (χ2n) is 4.30. The molecule has 1 heterocycles. The van der Waals surface area contributed by atoms with Crippen LogP contribution >= 0.6 is 0 Å². The Labute approximate surface area is 90.9 Å². The first-order valence-corrected chi connectivity index (χ1v) is 5.50. The zero-order valence-corrected chi connectivity index (χ0v) is 9.31. The van der Waals surface area contributed by atoms with Gasteiger partial charge in [-0.3, -0.25) is 4.79 Å². The molecular weight excluding hydrogens is 186 g/mol. The topological polar surface area (TPSA) is 20.3 Å². The normalized spacial score (nSPS) is 26.8. The quantitative estimate of drug-likeness (QED) is 0.686. The molecular formula is C13H17NO. The third-order valence-corrected chi connectivity index (χ3v) is 3.48. The minimum atomic E-state index is 0.273. The molecule has 2 nitrogen and oxygen atoms in total. The number of amides is 1. The lowest BCUT2D eigenvalue weighted by Crippen LogP contribution is -2.43. The van der Waals surface area contributed by atoms with Gasteiger partial charge in [-0.05, 0) is 18.9 Å². The highest BCUT2D eigenvalue weighted by Gasteiger charge is 2.30. The molecule has 0 radical (unpaired) electrons. The Morgan fingerprint density at radius 1 is 1.27 bits per heavy atom. The summed E-state index contributed by atoms with van der Waals surface area (Å²) in [4.78, 5) is 13.4. The molecule has 2 atom stereocenters. The van der Waals surface area contributed by atoms with E-state index in [1.54, 1.807) is 0 Å². The highest BCUT2D eigenvalue weighted by molar-refractivity contribution is 5.77. The lowest BCUT2D eigenvalue weighted by molar-refractivity contribution is -0.134. The van der Waals surface area contributed by atoms with Crippen molar-refractivity contribution in [2.75, 3.05) is 7.05 Å². The van der Waals surface area contributed by atoms with Crippen molar-refractivity contribution in [3.8, 4) is 0 Å². The highest BCUT2D eigenvalue weighted by Crippen LogP contribution is 2.31. The van der Waals surface area contributed by atoms with E-state index >= 15 is 0 Å². The number of hydrogen-bond donors (Lipinski definition) is 0. The van der Waals surface area contributed by atoms with E-state index < -0.39 is 0 Å². The predicted octanol–water partition coefficient (Wildman–Crippen LogP) is 2.41. The van der Waals surface area contributed by atoms with Crippen LogP contribution in [0, 0.1) is 0 Å². The number of likely N-dealkylation sites (N-methyl/N-ethyl adjacent to an activating group) is 1. The maximum atomic E-state index is 11.5. The van der Waals surface area contributed by atoms with Crippen LogP contribution in [0.2, 0.25) is 0 Å². The number of hydrogen-bond acceptors (Lipinski definition) is 1. The largest absolute Gasteiger partial charge is 0.342 e. The summed E-state index contributed by atoms with van der Waals surface area (Å²) in [5, 5.41) is 0. The molecule has 1 saturated heterocycles. The molecule has 2 heteroatoms. The zero-order valence-electron chi connectivity index (χ0n) is 9.31. The minimum absolute atomic E-state index is 0.273. The summed E-state index contributed by atoms with van der Waals surface area (Å²) in [5.74, 6) is 0.767. The summed E-state index contributed by atoms with van der Waals surface area (Å²) in [6, 6.07) is 10.8. The lowest BCUT2D eigenvalue weighted by Gasteiger charge is -2.37. The van der Waals surface area contributed by atoms with Crippen LogP contribution in [0.15, 0.2) is 30.3 Å². The van der Waals surface area contributed by atoms with Gasteiger partial charge in [-0.15, -0.1) is 0 Å². The lowest BCUT2D eigenvalue weighted by atomic mass is 9.84. The molecule has 2 unspecified atom stereocenters. The summed E-state index contributed by atoms with van der Waals surface area (Å²) in [5.41, 5.74) is 1.35. The fraction of sp³-hybridized carbons (Fsp3) is 0.462. The van der Waals surface area contributed by atoms with Crippen molar-refractivity contribution in [3.05, 3.63) is 35.9 Å². The fourth-order valence-electron chi connectivity index (χ4n) is 2.34. The zero-order chi connectivity index (χ0) is 10.8. The molecule has 0 bridgehead atoms. The third-order valence-electron chi connectivity index (χ3n) is 3.48. The summed E-state index contributed by atoms with van der Waals surface area (Å²) in [7, 11) is 1.90. The van der Waals surface area contributed by atoms with Crippen LogP contribution < -0.4 is 0 Å². The summed E-state index contributed by atoms with van der Waals surface area (Å²) in [6.45, 7) is 2.13. The van der Waals surface area contributed by atoms with Crippen molar-refractivity contribution in [2.45, 2.75) is 31.7 Å². The van der Waals surface area contributed by atoms with Crippen molar-refractivity contribution in [3.63, 3.8) is 0 Å². The van der Waals surface area contributed by atoms with Gasteiger partial charge in [0.05, 0.1) is 0 Å². The van der Waals surface area contributed by atoms with E-state index in [4.69, 9.17) is 0 Å². The van der Waals surface area contributed by atoms with Gasteiger partial charge in [0.1, 0.15) is 0 Å². The molecule has 0 saturated carbocycles. The van der Waals surface area contributed by atoms with Crippen molar-refractivity contribution in [1.82, 2.24) is 4.90 Å². The number of piperidine rings is 1. The van der Waals surface area contributed by atoms with Gasteiger partial charge < -0.3 is 4.90 Å². The number of nitrogens with zero attached hydrogens (tertiary/aromatic N) is 1. The van der Waals surface area contributed by atoms with Gasteiger partial charge in [0, 0.05) is 25.4 Å². The van der Waals surface area contributed by atoms with E-state index in [0.717, 1.165) is 6.42 Å². The van der Waals surface area contributed by atoms with Crippen LogP contribution in [0.5, 0.6) is 0 Å². The second kappa shape index (κ2) is 4.05. The van der Waals surface area contributed by atoms with E-state index in [-0.39, 0.29) is 5.91 Å². The molecule has 0 aromatic heterocycles. The molecule has 2 rings (SSSR count). The van der Waals surface area contributed by atoms with Crippen molar-refractivity contribution < 1.29 is 4.79 Å². The summed E-state index contributed by atoms with van der Waals surface area (Å²) < 4.78 is 0. The van der Waals surface area contributed by atoms with E-state index in [9.17, 15) is 4.79 Å². The molecule has 1 aliphatic rings. The predicted molar refractivity (Wildman–Crippen MR) is 60.6 cm³/mol. The summed E-state index contributed by atoms with van der Waals surface area (Å²) in [6.07, 6.45) is 1.66. The van der Waals surface area contributed by atoms with Crippen LogP contribution in [0.25, 0.3) is 0 Å². The first-order chi connectivity index (χ1) is 7.20. The molecule has 80 valence electrons. The molecule has 1 fully saturated rings. The van der Waals surface area contributed by atoms with Gasteiger partial charge in [-0.1, -0.05) is 30.3 Å². The number of benzene rings is 1. The van der Waals surface area contributed by atoms with Crippen molar-refractivity contribution in [1.29, 1.82) is 0 Å². The Kier molecular flexibility index (Phi) is 2.76. The Morgan fingerprint density at radius 2 is 1.93 bits per heavy atom. The van der Waals surface area contributed by atoms with Crippen molar-refractivity contribution >= 4 is 5.91 Å². The van der Waals surface area contributed by atoms with Gasteiger partial charge in [-0.25, -0.2) is 0 Å². The molecule has 1 amide bonds. The molecule has 0 N–H and O–H groups in total. The van der Waals surface area contributed by atoms with Crippen LogP contribution in [0.4, 0.5) is 0 Å². The molecule has 0 spiro atoms. The van der Waals surface area contributed by atoms with Crippen LogP contribution in [-0.4, -0.2) is 23.9 Å². The standard InChI is InChI=1S/C13H17NO/c1-10-12(8-9-13(15)14(10)2)11-6-4-3-5-7-11/h3-7,10,12H,8-9H2,1-2H3. The monoisotopic (exact) mass is 203 g/mol. The van der Waals surface area contributed by atoms with E-state index in [2.05, 4.69) is 31.2 Å². The summed E-state index contributed by atoms with van der Waals surface area (Å²) >= 11 is 0. The van der Waals surface area contributed by atoms with Crippen LogP contribution in [0.1, 0.15) is 31.2 Å². The maximum absolute atomic E-state index is 11.5. The smallest absolute Gasteiger partial charge is 0.222 e. The third kappa shape index (κ3) is 1.89. The average Bonchev–Trinajstić information content (AvgIpc) is 2.27. The van der Waals surface area contributed by atoms with E-state index in [1.165, 1.54) is 5.56 Å².